The second-order valence-electron chi connectivity index (χ2n) is 6.39. The number of aromatic nitrogens is 2. The van der Waals surface area contributed by atoms with Crippen LogP contribution in [-0.2, 0) is 5.75 Å². The van der Waals surface area contributed by atoms with E-state index in [-0.39, 0.29) is 11.6 Å². The standard InChI is InChI=1S/C22H17ClN4O2S/c23-15-10-11-20-24-17(12-21(28)27(20)13-15)14-30-19-9-5-4-8-18(19)26-22(29)25-16-6-2-1-3-7-16/h1-13H,14H2,(H2,25,26,29). The van der Waals surface area contributed by atoms with Crippen LogP contribution < -0.4 is 16.2 Å². The van der Waals surface area contributed by atoms with Crippen molar-refractivity contribution in [1.82, 2.24) is 9.38 Å². The smallest absolute Gasteiger partial charge is 0.308 e. The van der Waals surface area contributed by atoms with Crippen LogP contribution in [0.1, 0.15) is 5.69 Å². The number of nitrogens with one attached hydrogen (secondary N) is 2. The first-order valence-corrected chi connectivity index (χ1v) is 10.5. The first-order valence-electron chi connectivity index (χ1n) is 9.11. The molecule has 2 aromatic heterocycles. The number of urea groups is 1. The largest absolute Gasteiger partial charge is 0.323 e. The second-order valence-corrected chi connectivity index (χ2v) is 7.84. The molecule has 2 amide bonds. The van der Waals surface area contributed by atoms with E-state index in [2.05, 4.69) is 15.6 Å². The maximum absolute atomic E-state index is 12.3. The van der Waals surface area contributed by atoms with Gasteiger partial charge in [-0.1, -0.05) is 41.9 Å². The fraction of sp³-hybridized carbons (Fsp3) is 0.0455. The van der Waals surface area contributed by atoms with Gasteiger partial charge in [0.1, 0.15) is 5.65 Å². The van der Waals surface area contributed by atoms with Crippen LogP contribution in [0.15, 0.2) is 88.7 Å². The Morgan fingerprint density at radius 3 is 2.60 bits per heavy atom. The summed E-state index contributed by atoms with van der Waals surface area (Å²) in [6.45, 7) is 0. The van der Waals surface area contributed by atoms with Gasteiger partial charge in [-0.15, -0.1) is 11.8 Å². The molecule has 0 unspecified atom stereocenters. The molecule has 0 saturated heterocycles. The third-order valence-corrected chi connectivity index (χ3v) is 5.55. The molecule has 0 bridgehead atoms. The van der Waals surface area contributed by atoms with Gasteiger partial charge in [0.2, 0.25) is 0 Å². The van der Waals surface area contributed by atoms with E-state index >= 15 is 0 Å². The first kappa shape index (κ1) is 20.0. The van der Waals surface area contributed by atoms with E-state index in [0.29, 0.717) is 33.5 Å². The number of fused-ring (bicyclic) bond motifs is 1. The Morgan fingerprint density at radius 1 is 1.00 bits per heavy atom. The van der Waals surface area contributed by atoms with Gasteiger partial charge in [0.25, 0.3) is 5.56 Å². The van der Waals surface area contributed by atoms with Crippen molar-refractivity contribution in [3.8, 4) is 0 Å². The van der Waals surface area contributed by atoms with Crippen LogP contribution in [0.5, 0.6) is 0 Å². The number of hydrogen-bond donors (Lipinski definition) is 2. The zero-order chi connectivity index (χ0) is 20.9. The minimum atomic E-state index is -0.326. The van der Waals surface area contributed by atoms with Crippen molar-refractivity contribution >= 4 is 46.4 Å². The average Bonchev–Trinajstić information content (AvgIpc) is 2.74. The quantitative estimate of drug-likeness (QED) is 0.417. The summed E-state index contributed by atoms with van der Waals surface area (Å²) in [5.41, 5.74) is 2.39. The zero-order valence-electron chi connectivity index (χ0n) is 15.7. The number of rotatable bonds is 5. The summed E-state index contributed by atoms with van der Waals surface area (Å²) >= 11 is 7.44. The first-order chi connectivity index (χ1) is 14.6. The summed E-state index contributed by atoms with van der Waals surface area (Å²) < 4.78 is 1.42. The molecule has 4 aromatic rings. The molecule has 0 fully saturated rings. The maximum Gasteiger partial charge on any atom is 0.323 e. The summed E-state index contributed by atoms with van der Waals surface area (Å²) in [6, 6.07) is 21.3. The summed E-state index contributed by atoms with van der Waals surface area (Å²) in [5.74, 6) is 0.480. The number of carbonyl (C=O) groups excluding carboxylic acids is 1. The molecular formula is C22H17ClN4O2S. The third kappa shape index (κ3) is 4.82. The van der Waals surface area contributed by atoms with Crippen LogP contribution in [0.3, 0.4) is 0 Å². The molecule has 0 aliphatic heterocycles. The van der Waals surface area contributed by atoms with Gasteiger partial charge >= 0.3 is 6.03 Å². The lowest BCUT2D eigenvalue weighted by molar-refractivity contribution is 0.262. The lowest BCUT2D eigenvalue weighted by Crippen LogP contribution is -2.19. The predicted octanol–water partition coefficient (Wildman–Crippen LogP) is 5.28. The van der Waals surface area contributed by atoms with Crippen LogP contribution in [-0.4, -0.2) is 15.4 Å². The molecule has 30 heavy (non-hydrogen) atoms. The van der Waals surface area contributed by atoms with E-state index in [1.807, 2.05) is 54.6 Å². The molecule has 0 aliphatic carbocycles. The Kier molecular flexibility index (Phi) is 6.02. The molecule has 0 atom stereocenters. The molecule has 8 heteroatoms. The number of benzene rings is 2. The molecule has 0 radical (unpaired) electrons. The van der Waals surface area contributed by atoms with Gasteiger partial charge in [-0.3, -0.25) is 9.20 Å². The number of amides is 2. The molecule has 2 heterocycles. The third-order valence-electron chi connectivity index (χ3n) is 4.22. The molecule has 150 valence electrons. The van der Waals surface area contributed by atoms with E-state index in [1.165, 1.54) is 22.2 Å². The van der Waals surface area contributed by atoms with E-state index < -0.39 is 0 Å². The highest BCUT2D eigenvalue weighted by Crippen LogP contribution is 2.29. The molecule has 2 aromatic carbocycles. The number of hydrogen-bond acceptors (Lipinski definition) is 4. The van der Waals surface area contributed by atoms with Gasteiger partial charge in [-0.25, -0.2) is 9.78 Å². The van der Waals surface area contributed by atoms with Crippen molar-refractivity contribution in [2.45, 2.75) is 10.6 Å². The van der Waals surface area contributed by atoms with E-state index in [4.69, 9.17) is 11.6 Å². The number of anilines is 2. The number of thioether (sulfide) groups is 1. The van der Waals surface area contributed by atoms with Crippen molar-refractivity contribution in [3.05, 3.63) is 100 Å². The predicted molar refractivity (Wildman–Crippen MR) is 122 cm³/mol. The lowest BCUT2D eigenvalue weighted by atomic mass is 10.3. The van der Waals surface area contributed by atoms with E-state index in [9.17, 15) is 9.59 Å². The topological polar surface area (TPSA) is 75.5 Å². The summed E-state index contributed by atoms with van der Waals surface area (Å²) in [6.07, 6.45) is 1.55. The molecular weight excluding hydrogens is 420 g/mol. The average molecular weight is 437 g/mol. The van der Waals surface area contributed by atoms with Crippen molar-refractivity contribution < 1.29 is 4.79 Å². The Labute approximate surface area is 181 Å². The van der Waals surface area contributed by atoms with Crippen LogP contribution in [0.2, 0.25) is 5.02 Å². The summed E-state index contributed by atoms with van der Waals surface area (Å²) in [5, 5.41) is 6.14. The van der Waals surface area contributed by atoms with Gasteiger partial charge in [0.15, 0.2) is 0 Å². The summed E-state index contributed by atoms with van der Waals surface area (Å²) in [4.78, 5) is 30.1. The van der Waals surface area contributed by atoms with E-state index in [1.54, 1.807) is 18.3 Å². The molecule has 2 N–H and O–H groups in total. The van der Waals surface area contributed by atoms with Crippen LogP contribution in [0.25, 0.3) is 5.65 Å². The Hall–Kier alpha value is -3.29. The highest BCUT2D eigenvalue weighted by molar-refractivity contribution is 7.98. The number of carbonyl (C=O) groups is 1. The van der Waals surface area contributed by atoms with Crippen molar-refractivity contribution in [2.24, 2.45) is 0 Å². The van der Waals surface area contributed by atoms with Crippen LogP contribution in [0, 0.1) is 0 Å². The van der Waals surface area contributed by atoms with Crippen molar-refractivity contribution in [1.29, 1.82) is 0 Å². The Balaban J connectivity index is 1.48. The fourth-order valence-corrected chi connectivity index (χ4v) is 3.91. The Morgan fingerprint density at radius 2 is 1.77 bits per heavy atom. The number of para-hydroxylation sites is 2. The van der Waals surface area contributed by atoms with Gasteiger partial charge in [-0.05, 0) is 36.4 Å². The molecule has 0 aliphatic rings. The lowest BCUT2D eigenvalue weighted by Gasteiger charge is -2.12. The highest BCUT2D eigenvalue weighted by Gasteiger charge is 2.09. The molecule has 0 spiro atoms. The van der Waals surface area contributed by atoms with Crippen LogP contribution >= 0.6 is 23.4 Å². The van der Waals surface area contributed by atoms with Gasteiger partial charge in [0, 0.05) is 28.6 Å². The maximum atomic E-state index is 12.3. The highest BCUT2D eigenvalue weighted by atomic mass is 35.5. The van der Waals surface area contributed by atoms with Crippen molar-refractivity contribution in [2.75, 3.05) is 10.6 Å². The van der Waals surface area contributed by atoms with Crippen LogP contribution in [0.4, 0.5) is 16.2 Å². The van der Waals surface area contributed by atoms with Gasteiger partial charge in [-0.2, -0.15) is 0 Å². The second kappa shape index (κ2) is 9.02. The molecule has 4 rings (SSSR count). The number of nitrogens with zero attached hydrogens (tertiary/aromatic N) is 2. The van der Waals surface area contributed by atoms with E-state index in [0.717, 1.165) is 4.90 Å². The molecule has 0 saturated carbocycles. The normalized spacial score (nSPS) is 10.7. The number of pyridine rings is 1. The minimum Gasteiger partial charge on any atom is -0.308 e. The monoisotopic (exact) mass is 436 g/mol. The molecule has 6 nitrogen and oxygen atoms in total. The van der Waals surface area contributed by atoms with Crippen molar-refractivity contribution in [3.63, 3.8) is 0 Å². The SMILES string of the molecule is O=C(Nc1ccccc1)Nc1ccccc1SCc1cc(=O)n2cc(Cl)ccc2n1. The van der Waals surface area contributed by atoms with Gasteiger partial charge < -0.3 is 10.6 Å². The zero-order valence-corrected chi connectivity index (χ0v) is 17.3. The fourth-order valence-electron chi connectivity index (χ4n) is 2.85. The Bertz CT molecular complexity index is 1260. The van der Waals surface area contributed by atoms with Gasteiger partial charge in [0.05, 0.1) is 16.4 Å². The minimum absolute atomic E-state index is 0.188. The summed E-state index contributed by atoms with van der Waals surface area (Å²) in [7, 11) is 0. The number of halogens is 1.